The van der Waals surface area contributed by atoms with Crippen LogP contribution in [0.2, 0.25) is 0 Å². The highest BCUT2D eigenvalue weighted by atomic mass is 127. The van der Waals surface area contributed by atoms with Crippen LogP contribution in [0.15, 0.2) is 24.3 Å². The highest BCUT2D eigenvalue weighted by Gasteiger charge is 2.46. The molecule has 1 aromatic heterocycles. The number of benzene rings is 1. The van der Waals surface area contributed by atoms with Gasteiger partial charge < -0.3 is 14.9 Å². The molecular formula is C28H33IN4O4. The molecule has 2 fully saturated rings. The number of hydrogen-bond donors (Lipinski definition) is 2. The van der Waals surface area contributed by atoms with Crippen molar-refractivity contribution >= 4 is 28.6 Å². The van der Waals surface area contributed by atoms with Gasteiger partial charge in [-0.25, -0.2) is 4.79 Å². The molecule has 5 atom stereocenters. The quantitative estimate of drug-likeness (QED) is 0.264. The maximum absolute atomic E-state index is 11.9. The number of cyclic esters (lactones) is 1. The number of likely N-dealkylation sites (tertiary alicyclic amines) is 1. The number of aliphatic hydroxyl groups is 2. The van der Waals surface area contributed by atoms with E-state index in [2.05, 4.69) is 43.4 Å². The summed E-state index contributed by atoms with van der Waals surface area (Å²) in [7, 11) is 0. The van der Waals surface area contributed by atoms with Crippen molar-refractivity contribution in [2.24, 2.45) is 0 Å². The molecular weight excluding hydrogens is 583 g/mol. The molecule has 4 unspecified atom stereocenters. The highest BCUT2D eigenvalue weighted by Crippen LogP contribution is 2.38. The minimum absolute atomic E-state index is 0.276. The molecule has 4 heterocycles. The molecule has 37 heavy (non-hydrogen) atoms. The summed E-state index contributed by atoms with van der Waals surface area (Å²) < 4.78 is 6.20. The SMILES string of the molecule is Cc1nc(C(O)CN2CC3CCC(C2CCI)N3C[C@H](O)c2ccc3c(c2C)COC3=O)ccc1C#N. The first-order valence-electron chi connectivity index (χ1n) is 12.9. The Bertz CT molecular complexity index is 1230. The molecule has 196 valence electrons. The molecule has 2 bridgehead atoms. The van der Waals surface area contributed by atoms with Crippen molar-refractivity contribution in [3.05, 3.63) is 63.5 Å². The third-order valence-corrected chi connectivity index (χ3v) is 9.00. The van der Waals surface area contributed by atoms with Gasteiger partial charge in [-0.1, -0.05) is 28.7 Å². The number of ether oxygens (including phenoxy) is 1. The molecule has 0 radical (unpaired) electrons. The van der Waals surface area contributed by atoms with Crippen LogP contribution < -0.4 is 0 Å². The standard InChI is InChI=1S/C28H33IN4O4/c1-16-20(5-6-21-22(16)15-37-28(21)36)26(34)14-33-19-4-8-25(33)24(9-10-29)32(12-19)13-27(35)23-7-3-18(11-30)17(2)31-23/h3,5-7,19,24-27,34-35H,4,8-10,12-15H2,1-2H3/t19?,24?,25?,26-,27?/m0/s1. The molecule has 2 N–H and O–H groups in total. The van der Waals surface area contributed by atoms with E-state index >= 15 is 0 Å². The number of fused-ring (bicyclic) bond motifs is 3. The summed E-state index contributed by atoms with van der Waals surface area (Å²) in [6.45, 7) is 5.92. The van der Waals surface area contributed by atoms with Crippen LogP contribution in [0.25, 0.3) is 0 Å². The van der Waals surface area contributed by atoms with Gasteiger partial charge in [0.1, 0.15) is 18.8 Å². The van der Waals surface area contributed by atoms with E-state index in [0.717, 1.165) is 46.9 Å². The largest absolute Gasteiger partial charge is 0.457 e. The number of aromatic nitrogens is 1. The number of pyridine rings is 1. The lowest BCUT2D eigenvalue weighted by molar-refractivity contribution is -0.0286. The van der Waals surface area contributed by atoms with Crippen molar-refractivity contribution in [3.63, 3.8) is 0 Å². The van der Waals surface area contributed by atoms with E-state index in [4.69, 9.17) is 4.74 Å². The van der Waals surface area contributed by atoms with Gasteiger partial charge in [-0.3, -0.25) is 14.8 Å². The van der Waals surface area contributed by atoms with Gasteiger partial charge in [0.15, 0.2) is 0 Å². The van der Waals surface area contributed by atoms with Gasteiger partial charge in [0.05, 0.1) is 28.6 Å². The fourth-order valence-electron chi connectivity index (χ4n) is 6.43. The number of rotatable bonds is 8. The van der Waals surface area contributed by atoms with Crippen LogP contribution in [0.1, 0.15) is 75.5 Å². The second-order valence-electron chi connectivity index (χ2n) is 10.4. The molecule has 3 aliphatic heterocycles. The monoisotopic (exact) mass is 616 g/mol. The molecule has 0 aliphatic carbocycles. The number of nitrogens with zero attached hydrogens (tertiary/aromatic N) is 4. The smallest absolute Gasteiger partial charge is 0.338 e. The number of hydrogen-bond acceptors (Lipinski definition) is 8. The zero-order valence-corrected chi connectivity index (χ0v) is 23.4. The number of carbonyl (C=O) groups excluding carboxylic acids is 1. The molecule has 2 aromatic rings. The average Bonchev–Trinajstić information content (AvgIpc) is 3.40. The topological polar surface area (TPSA) is 110 Å². The number of esters is 1. The van der Waals surface area contributed by atoms with Gasteiger partial charge in [-0.2, -0.15) is 5.26 Å². The number of piperazine rings is 1. The van der Waals surface area contributed by atoms with Crippen LogP contribution in [0.3, 0.4) is 0 Å². The van der Waals surface area contributed by atoms with E-state index in [1.807, 2.05) is 13.0 Å². The second-order valence-corrected chi connectivity index (χ2v) is 11.5. The number of alkyl halides is 1. The van der Waals surface area contributed by atoms with Gasteiger partial charge >= 0.3 is 5.97 Å². The Labute approximate surface area is 231 Å². The van der Waals surface area contributed by atoms with E-state index < -0.39 is 12.2 Å². The predicted octanol–water partition coefficient (Wildman–Crippen LogP) is 3.35. The highest BCUT2D eigenvalue weighted by molar-refractivity contribution is 14.1. The average molecular weight is 616 g/mol. The number of β-amino-alcohol motifs (C(OH)–C–C–N with tert-alkyl or cyclic N) is 1. The summed E-state index contributed by atoms with van der Waals surface area (Å²) in [5.74, 6) is -0.288. The van der Waals surface area contributed by atoms with Crippen LogP contribution in [0, 0.1) is 25.2 Å². The number of aliphatic hydroxyl groups excluding tert-OH is 2. The number of halogens is 1. The van der Waals surface area contributed by atoms with Gasteiger partial charge in [-0.15, -0.1) is 0 Å². The first-order chi connectivity index (χ1) is 17.8. The Morgan fingerprint density at radius 1 is 1.19 bits per heavy atom. The fourth-order valence-corrected chi connectivity index (χ4v) is 7.07. The van der Waals surface area contributed by atoms with Crippen molar-refractivity contribution in [2.45, 2.75) is 70.1 Å². The molecule has 3 aliphatic rings. The summed E-state index contributed by atoms with van der Waals surface area (Å²) in [4.78, 5) is 21.3. The summed E-state index contributed by atoms with van der Waals surface area (Å²) >= 11 is 2.42. The normalized spacial score (nSPS) is 25.0. The Morgan fingerprint density at radius 2 is 2.00 bits per heavy atom. The Kier molecular flexibility index (Phi) is 7.84. The van der Waals surface area contributed by atoms with Gasteiger partial charge in [0.2, 0.25) is 0 Å². The van der Waals surface area contributed by atoms with Crippen molar-refractivity contribution in [3.8, 4) is 6.07 Å². The van der Waals surface area contributed by atoms with Crippen LogP contribution in [0.4, 0.5) is 0 Å². The summed E-state index contributed by atoms with van der Waals surface area (Å²) in [5.41, 5.74) is 5.07. The number of nitriles is 1. The van der Waals surface area contributed by atoms with Crippen molar-refractivity contribution < 1.29 is 19.7 Å². The third kappa shape index (κ3) is 5.02. The van der Waals surface area contributed by atoms with Gasteiger partial charge in [0.25, 0.3) is 0 Å². The molecule has 5 rings (SSSR count). The Balaban J connectivity index is 1.31. The zero-order chi connectivity index (χ0) is 26.3. The van der Waals surface area contributed by atoms with E-state index in [-0.39, 0.29) is 18.6 Å². The van der Waals surface area contributed by atoms with E-state index in [1.165, 1.54) is 0 Å². The molecule has 8 nitrogen and oxygen atoms in total. The molecule has 0 saturated carbocycles. The van der Waals surface area contributed by atoms with Crippen molar-refractivity contribution in [1.29, 1.82) is 5.26 Å². The second kappa shape index (κ2) is 10.9. The Hall–Kier alpha value is -2.10. The van der Waals surface area contributed by atoms with E-state index in [9.17, 15) is 20.3 Å². The van der Waals surface area contributed by atoms with Crippen LogP contribution in [-0.2, 0) is 11.3 Å². The Morgan fingerprint density at radius 3 is 2.73 bits per heavy atom. The lowest BCUT2D eigenvalue weighted by Crippen LogP contribution is -2.61. The molecule has 0 amide bonds. The fraction of sp³-hybridized carbons (Fsp3) is 0.536. The van der Waals surface area contributed by atoms with Gasteiger partial charge in [-0.05, 0) is 62.4 Å². The van der Waals surface area contributed by atoms with Gasteiger partial charge in [0, 0.05) is 47.8 Å². The van der Waals surface area contributed by atoms with Crippen LogP contribution in [0.5, 0.6) is 0 Å². The first-order valence-corrected chi connectivity index (χ1v) is 14.4. The molecule has 1 aromatic carbocycles. The predicted molar refractivity (Wildman–Crippen MR) is 146 cm³/mol. The maximum atomic E-state index is 11.9. The number of aryl methyl sites for hydroxylation is 1. The minimum Gasteiger partial charge on any atom is -0.457 e. The maximum Gasteiger partial charge on any atom is 0.338 e. The zero-order valence-electron chi connectivity index (χ0n) is 21.2. The van der Waals surface area contributed by atoms with Crippen LogP contribution >= 0.6 is 22.6 Å². The minimum atomic E-state index is -0.723. The number of carbonyl (C=O) groups is 1. The summed E-state index contributed by atoms with van der Waals surface area (Å²) in [6.07, 6.45) is 1.78. The summed E-state index contributed by atoms with van der Waals surface area (Å²) in [5, 5.41) is 31.5. The molecule has 2 saturated heterocycles. The molecule has 9 heteroatoms. The third-order valence-electron chi connectivity index (χ3n) is 8.38. The van der Waals surface area contributed by atoms with Crippen LogP contribution in [-0.4, -0.2) is 73.2 Å². The van der Waals surface area contributed by atoms with Crippen molar-refractivity contribution in [1.82, 2.24) is 14.8 Å². The van der Waals surface area contributed by atoms with E-state index in [0.29, 0.717) is 47.7 Å². The molecule has 0 spiro atoms. The first kappa shape index (κ1) is 26.5. The summed E-state index contributed by atoms with van der Waals surface area (Å²) in [6, 6.07) is 10.2. The lowest BCUT2D eigenvalue weighted by atomic mass is 9.94. The lowest BCUT2D eigenvalue weighted by Gasteiger charge is -2.48. The van der Waals surface area contributed by atoms with Crippen molar-refractivity contribution in [2.75, 3.05) is 24.1 Å². The van der Waals surface area contributed by atoms with E-state index in [1.54, 1.807) is 25.1 Å².